The summed E-state index contributed by atoms with van der Waals surface area (Å²) in [7, 11) is 0. The highest BCUT2D eigenvalue weighted by atomic mass is 16.2. The van der Waals surface area contributed by atoms with E-state index in [-0.39, 0.29) is 17.5 Å². The molecule has 0 aliphatic rings. The molecular weight excluding hydrogens is 334 g/mol. The van der Waals surface area contributed by atoms with Crippen molar-refractivity contribution in [3.63, 3.8) is 0 Å². The summed E-state index contributed by atoms with van der Waals surface area (Å²) < 4.78 is 0. The van der Waals surface area contributed by atoms with Gasteiger partial charge in [0.25, 0.3) is 11.8 Å². The van der Waals surface area contributed by atoms with Crippen LogP contribution in [-0.4, -0.2) is 28.6 Å². The Labute approximate surface area is 149 Å². The number of benzene rings is 2. The lowest BCUT2D eigenvalue weighted by Gasteiger charge is -2.18. The Hall–Kier alpha value is -3.61. The average molecular weight is 351 g/mol. The molecule has 0 saturated carbocycles. The quantitative estimate of drug-likeness (QED) is 0.171. The van der Waals surface area contributed by atoms with E-state index in [0.717, 1.165) is 6.21 Å². The number of hydrogen-bond donors (Lipinski definition) is 3. The summed E-state index contributed by atoms with van der Waals surface area (Å²) in [6.07, 6.45) is 0.670. The molecule has 0 bridgehead atoms. The third-order valence-electron chi connectivity index (χ3n) is 3.66. The van der Waals surface area contributed by atoms with Gasteiger partial charge in [-0.05, 0) is 17.7 Å². The normalized spacial score (nSPS) is 11.0. The standard InChI is InChI=1S/C18H17N5O3/c19-21-11-13(24)10-16(12-6-2-1-3-7-12)22-17(25)14-8-4-5-9-15(14)18(26)23-20/h1-9,11,16H,10,20H2,(H,22,25)(H,23,26)/t16-/m1/s1. The molecule has 0 fully saturated rings. The van der Waals surface area contributed by atoms with Gasteiger partial charge in [-0.15, -0.1) is 0 Å². The van der Waals surface area contributed by atoms with Crippen molar-refractivity contribution in [2.24, 2.45) is 5.84 Å². The van der Waals surface area contributed by atoms with E-state index in [1.54, 1.807) is 42.5 Å². The van der Waals surface area contributed by atoms with Crippen LogP contribution >= 0.6 is 0 Å². The van der Waals surface area contributed by atoms with E-state index < -0.39 is 23.6 Å². The van der Waals surface area contributed by atoms with Crippen LogP contribution < -0.4 is 16.6 Å². The van der Waals surface area contributed by atoms with Gasteiger partial charge in [0.2, 0.25) is 5.78 Å². The molecule has 132 valence electrons. The first-order valence-electron chi connectivity index (χ1n) is 7.73. The van der Waals surface area contributed by atoms with Crippen LogP contribution in [0.15, 0.2) is 54.6 Å². The van der Waals surface area contributed by atoms with Crippen molar-refractivity contribution in [1.82, 2.24) is 10.7 Å². The number of nitrogens with two attached hydrogens (primary N) is 1. The monoisotopic (exact) mass is 351 g/mol. The summed E-state index contributed by atoms with van der Waals surface area (Å²) in [6, 6.07) is 14.4. The Bertz CT molecular complexity index is 860. The van der Waals surface area contributed by atoms with E-state index in [0.29, 0.717) is 5.56 Å². The van der Waals surface area contributed by atoms with Crippen molar-refractivity contribution in [1.29, 1.82) is 0 Å². The maximum Gasteiger partial charge on any atom is 0.323 e. The first-order valence-corrected chi connectivity index (χ1v) is 7.73. The predicted molar refractivity (Wildman–Crippen MR) is 94.1 cm³/mol. The zero-order valence-corrected chi connectivity index (χ0v) is 13.8. The molecule has 4 N–H and O–H groups in total. The molecule has 2 rings (SSSR count). The van der Waals surface area contributed by atoms with Gasteiger partial charge < -0.3 is 10.8 Å². The molecule has 8 nitrogen and oxygen atoms in total. The van der Waals surface area contributed by atoms with Crippen LogP contribution in [0.2, 0.25) is 0 Å². The van der Waals surface area contributed by atoms with Gasteiger partial charge in [-0.2, -0.15) is 4.79 Å². The summed E-state index contributed by atoms with van der Waals surface area (Å²) in [4.78, 5) is 39.1. The highest BCUT2D eigenvalue weighted by molar-refractivity contribution is 6.25. The van der Waals surface area contributed by atoms with E-state index in [1.807, 2.05) is 5.43 Å². The van der Waals surface area contributed by atoms with Crippen LogP contribution in [0.5, 0.6) is 0 Å². The number of rotatable bonds is 7. The van der Waals surface area contributed by atoms with Gasteiger partial charge >= 0.3 is 6.21 Å². The molecule has 0 unspecified atom stereocenters. The number of nitrogens with zero attached hydrogens (tertiary/aromatic N) is 2. The summed E-state index contributed by atoms with van der Waals surface area (Å²) in [5.41, 5.74) is 11.4. The van der Waals surface area contributed by atoms with Gasteiger partial charge in [0.05, 0.1) is 17.2 Å². The lowest BCUT2D eigenvalue weighted by atomic mass is 10.00. The van der Waals surface area contributed by atoms with Gasteiger partial charge in [0, 0.05) is 6.42 Å². The van der Waals surface area contributed by atoms with Gasteiger partial charge in [-0.25, -0.2) is 5.84 Å². The summed E-state index contributed by atoms with van der Waals surface area (Å²) in [5, 5.41) is 2.73. The topological polar surface area (TPSA) is 138 Å². The molecule has 0 aliphatic carbocycles. The molecule has 0 saturated heterocycles. The predicted octanol–water partition coefficient (Wildman–Crippen LogP) is 1.02. The van der Waals surface area contributed by atoms with Crippen molar-refractivity contribution in [3.05, 3.63) is 76.8 Å². The minimum atomic E-state index is -0.664. The molecule has 2 amide bonds. The molecule has 1 atom stereocenters. The third-order valence-corrected chi connectivity index (χ3v) is 3.66. The molecular formula is C18H17N5O3. The van der Waals surface area contributed by atoms with E-state index in [4.69, 9.17) is 11.4 Å². The van der Waals surface area contributed by atoms with Crippen LogP contribution in [-0.2, 0) is 4.79 Å². The van der Waals surface area contributed by atoms with Crippen molar-refractivity contribution in [2.45, 2.75) is 12.5 Å². The van der Waals surface area contributed by atoms with Crippen LogP contribution in [0.1, 0.15) is 38.7 Å². The maximum atomic E-state index is 12.7. The van der Waals surface area contributed by atoms with Crippen LogP contribution in [0.25, 0.3) is 5.53 Å². The number of nitrogens with one attached hydrogen (secondary N) is 2. The fraction of sp³-hybridized carbons (Fsp3) is 0.111. The molecule has 0 radical (unpaired) electrons. The molecule has 0 aromatic heterocycles. The van der Waals surface area contributed by atoms with E-state index in [9.17, 15) is 14.4 Å². The number of hydrogen-bond acceptors (Lipinski definition) is 4. The van der Waals surface area contributed by atoms with Crippen LogP contribution in [0.4, 0.5) is 0 Å². The Balaban J connectivity index is 2.31. The van der Waals surface area contributed by atoms with Gasteiger partial charge in [-0.1, -0.05) is 42.5 Å². The van der Waals surface area contributed by atoms with E-state index >= 15 is 0 Å². The largest absolute Gasteiger partial charge is 0.361 e. The fourth-order valence-electron chi connectivity index (χ4n) is 2.45. The second-order valence-corrected chi connectivity index (χ2v) is 5.37. The average Bonchev–Trinajstić information content (AvgIpc) is 2.67. The number of hydrazine groups is 1. The number of carbonyl (C=O) groups excluding carboxylic acids is 3. The lowest BCUT2D eigenvalue weighted by molar-refractivity contribution is -0.116. The first-order chi connectivity index (χ1) is 12.6. The maximum absolute atomic E-state index is 12.7. The van der Waals surface area contributed by atoms with Gasteiger partial charge in [-0.3, -0.25) is 19.8 Å². The zero-order chi connectivity index (χ0) is 18.9. The smallest absolute Gasteiger partial charge is 0.323 e. The van der Waals surface area contributed by atoms with Crippen LogP contribution in [0.3, 0.4) is 0 Å². The second-order valence-electron chi connectivity index (χ2n) is 5.37. The van der Waals surface area contributed by atoms with Crippen molar-refractivity contribution in [3.8, 4) is 0 Å². The first kappa shape index (κ1) is 18.7. The Morgan fingerprint density at radius 2 is 1.58 bits per heavy atom. The second kappa shape index (κ2) is 9.03. The van der Waals surface area contributed by atoms with Gasteiger partial charge in [0.15, 0.2) is 0 Å². The summed E-state index contributed by atoms with van der Waals surface area (Å²) >= 11 is 0. The molecule has 0 spiro atoms. The molecule has 2 aromatic carbocycles. The number of nitrogen functional groups attached to an aromatic ring is 1. The van der Waals surface area contributed by atoms with E-state index in [2.05, 4.69) is 10.1 Å². The lowest BCUT2D eigenvalue weighted by Crippen LogP contribution is -2.35. The van der Waals surface area contributed by atoms with E-state index in [1.165, 1.54) is 12.1 Å². The Morgan fingerprint density at radius 1 is 1.00 bits per heavy atom. The van der Waals surface area contributed by atoms with Crippen molar-refractivity contribution in [2.75, 3.05) is 0 Å². The molecule has 2 aromatic rings. The van der Waals surface area contributed by atoms with Crippen molar-refractivity contribution < 1.29 is 19.2 Å². The SMILES string of the molecule is [N-]=[N+]=CC(=O)C[C@@H](NC(=O)c1ccccc1C(=O)NN)c1ccccc1. The summed E-state index contributed by atoms with van der Waals surface area (Å²) in [5.74, 6) is 3.55. The summed E-state index contributed by atoms with van der Waals surface area (Å²) in [6.45, 7) is 0. The number of ketones is 1. The number of Topliss-reactive ketones (excluding diaryl/α,β-unsaturated/α-hetero) is 1. The fourth-order valence-corrected chi connectivity index (χ4v) is 2.45. The minimum absolute atomic E-state index is 0.106. The number of amides is 2. The van der Waals surface area contributed by atoms with Crippen molar-refractivity contribution >= 4 is 23.8 Å². The minimum Gasteiger partial charge on any atom is -0.361 e. The highest BCUT2D eigenvalue weighted by Gasteiger charge is 2.22. The molecule has 26 heavy (non-hydrogen) atoms. The highest BCUT2D eigenvalue weighted by Crippen LogP contribution is 2.18. The third kappa shape index (κ3) is 4.70. The molecule has 0 heterocycles. The number of carbonyl (C=O) groups is 3. The molecule has 8 heteroatoms. The Morgan fingerprint density at radius 3 is 2.15 bits per heavy atom. The Kier molecular flexibility index (Phi) is 6.50. The zero-order valence-electron chi connectivity index (χ0n) is 13.8. The van der Waals surface area contributed by atoms with Gasteiger partial charge in [0.1, 0.15) is 0 Å². The molecule has 0 aliphatic heterocycles. The van der Waals surface area contributed by atoms with Crippen LogP contribution in [0, 0.1) is 0 Å².